The Morgan fingerprint density at radius 1 is 0.912 bits per heavy atom. The number of aliphatic carboxylic acids is 1. The van der Waals surface area contributed by atoms with Gasteiger partial charge >= 0.3 is 5.97 Å². The number of aryl methyl sites for hydroxylation is 1. The summed E-state index contributed by atoms with van der Waals surface area (Å²) in [6.45, 7) is 3.28. The number of benzene rings is 2. The molecule has 0 unspecified atom stereocenters. The van der Waals surface area contributed by atoms with Gasteiger partial charge in [0.1, 0.15) is 6.61 Å². The van der Waals surface area contributed by atoms with E-state index in [9.17, 15) is 14.7 Å². The first-order valence-electron chi connectivity index (χ1n) is 12.1. The van der Waals surface area contributed by atoms with Crippen molar-refractivity contribution >= 4 is 11.8 Å². The lowest BCUT2D eigenvalue weighted by atomic mass is 9.75. The molecule has 2 aromatic rings. The molecule has 34 heavy (non-hydrogen) atoms. The summed E-state index contributed by atoms with van der Waals surface area (Å²) < 4.78 is 16.9. The molecule has 0 aromatic heterocycles. The topological polar surface area (TPSA) is 82.1 Å². The van der Waals surface area contributed by atoms with Crippen molar-refractivity contribution in [3.63, 3.8) is 0 Å². The molecule has 1 aliphatic carbocycles. The van der Waals surface area contributed by atoms with Crippen LogP contribution in [0.15, 0.2) is 42.5 Å². The predicted octanol–water partition coefficient (Wildman–Crippen LogP) is 5.64. The maximum absolute atomic E-state index is 13.2. The van der Waals surface area contributed by atoms with E-state index < -0.39 is 11.4 Å². The van der Waals surface area contributed by atoms with E-state index in [1.807, 2.05) is 6.07 Å². The fraction of sp³-hybridized carbons (Fsp3) is 0.500. The van der Waals surface area contributed by atoms with Crippen LogP contribution in [0.2, 0.25) is 0 Å². The molecule has 6 nitrogen and oxygen atoms in total. The quantitative estimate of drug-likeness (QED) is 0.247. The van der Waals surface area contributed by atoms with Gasteiger partial charge in [0, 0.05) is 25.5 Å². The maximum atomic E-state index is 13.2. The third-order valence-corrected chi connectivity index (χ3v) is 6.55. The molecule has 1 N–H and O–H groups in total. The van der Waals surface area contributed by atoms with Gasteiger partial charge in [-0.2, -0.15) is 0 Å². The van der Waals surface area contributed by atoms with Gasteiger partial charge in [-0.25, -0.2) is 0 Å². The van der Waals surface area contributed by atoms with Crippen molar-refractivity contribution in [2.24, 2.45) is 5.41 Å². The normalized spacial score (nSPS) is 15.4. The molecule has 184 valence electrons. The summed E-state index contributed by atoms with van der Waals surface area (Å²) in [6, 6.07) is 13.4. The summed E-state index contributed by atoms with van der Waals surface area (Å²) in [6.07, 6.45) is 5.57. The standard InChI is InChI=1S/C28H36O6/c1-21-8-7-9-22(18-21)12-15-33-26-19-23(10-11-25(26)34-17-16-32-2)24(29)20-28(27(30)31)13-5-3-4-6-14-28/h7-11,18-19H,3-6,12-17,20H2,1-2H3,(H,30,31). The Hall–Kier alpha value is -2.86. The molecule has 1 fully saturated rings. The van der Waals surface area contributed by atoms with Crippen LogP contribution >= 0.6 is 0 Å². The highest BCUT2D eigenvalue weighted by molar-refractivity contribution is 5.99. The number of ketones is 1. The summed E-state index contributed by atoms with van der Waals surface area (Å²) in [5.41, 5.74) is 1.84. The van der Waals surface area contributed by atoms with Gasteiger partial charge in [-0.15, -0.1) is 0 Å². The largest absolute Gasteiger partial charge is 0.489 e. The van der Waals surface area contributed by atoms with Gasteiger partial charge in [-0.05, 0) is 43.5 Å². The van der Waals surface area contributed by atoms with E-state index >= 15 is 0 Å². The number of carbonyl (C=O) groups is 2. The molecule has 0 aliphatic heterocycles. The number of methoxy groups -OCH3 is 1. The molecular formula is C28H36O6. The number of carboxylic acids is 1. The van der Waals surface area contributed by atoms with E-state index in [-0.39, 0.29) is 12.2 Å². The summed E-state index contributed by atoms with van der Waals surface area (Å²) in [5, 5.41) is 9.96. The molecule has 1 saturated carbocycles. The Morgan fingerprint density at radius 3 is 2.32 bits per heavy atom. The molecule has 0 spiro atoms. The molecule has 0 bridgehead atoms. The van der Waals surface area contributed by atoms with Crippen LogP contribution < -0.4 is 9.47 Å². The SMILES string of the molecule is COCCOc1ccc(C(=O)CC2(C(=O)O)CCCCCC2)cc1OCCc1cccc(C)c1. The molecule has 1 aliphatic rings. The highest BCUT2D eigenvalue weighted by Crippen LogP contribution is 2.40. The van der Waals surface area contributed by atoms with Gasteiger partial charge in [0.2, 0.25) is 0 Å². The Labute approximate surface area is 202 Å². The van der Waals surface area contributed by atoms with Crippen molar-refractivity contribution in [1.82, 2.24) is 0 Å². The molecule has 3 rings (SSSR count). The first kappa shape index (κ1) is 25.8. The number of ether oxygens (including phenoxy) is 3. The fourth-order valence-electron chi connectivity index (χ4n) is 4.58. The zero-order valence-electron chi connectivity index (χ0n) is 20.3. The van der Waals surface area contributed by atoms with E-state index in [1.165, 1.54) is 11.1 Å². The monoisotopic (exact) mass is 468 g/mol. The highest BCUT2D eigenvalue weighted by atomic mass is 16.5. The van der Waals surface area contributed by atoms with Crippen molar-refractivity contribution in [1.29, 1.82) is 0 Å². The van der Waals surface area contributed by atoms with Crippen molar-refractivity contribution < 1.29 is 28.9 Å². The maximum Gasteiger partial charge on any atom is 0.310 e. The van der Waals surface area contributed by atoms with E-state index in [1.54, 1.807) is 25.3 Å². The average Bonchev–Trinajstić information content (AvgIpc) is 3.06. The zero-order valence-corrected chi connectivity index (χ0v) is 20.3. The third-order valence-electron chi connectivity index (χ3n) is 6.55. The summed E-state index contributed by atoms with van der Waals surface area (Å²) in [7, 11) is 1.61. The minimum Gasteiger partial charge on any atom is -0.489 e. The lowest BCUT2D eigenvalue weighted by molar-refractivity contribution is -0.149. The first-order chi connectivity index (χ1) is 16.4. The van der Waals surface area contributed by atoms with Crippen LogP contribution in [0.1, 0.15) is 66.4 Å². The minimum absolute atomic E-state index is 0.00887. The van der Waals surface area contributed by atoms with E-state index in [4.69, 9.17) is 14.2 Å². The molecule has 0 radical (unpaired) electrons. The van der Waals surface area contributed by atoms with Crippen LogP contribution in [-0.4, -0.2) is 43.8 Å². The number of Topliss-reactive ketones (excluding diaryl/α,β-unsaturated/α-hetero) is 1. The first-order valence-corrected chi connectivity index (χ1v) is 12.1. The molecule has 6 heteroatoms. The Morgan fingerprint density at radius 2 is 1.65 bits per heavy atom. The second kappa shape index (κ2) is 12.6. The van der Waals surface area contributed by atoms with Crippen LogP contribution in [-0.2, 0) is 16.0 Å². The van der Waals surface area contributed by atoms with E-state index in [0.717, 1.165) is 32.1 Å². The lowest BCUT2D eigenvalue weighted by Crippen LogP contribution is -2.33. The Balaban J connectivity index is 1.75. The van der Waals surface area contributed by atoms with Gasteiger partial charge in [0.15, 0.2) is 17.3 Å². The Bertz CT molecular complexity index is 959. The van der Waals surface area contributed by atoms with E-state index in [2.05, 4.69) is 25.1 Å². The number of hydrogen-bond donors (Lipinski definition) is 1. The van der Waals surface area contributed by atoms with Crippen molar-refractivity contribution in [2.45, 2.75) is 58.3 Å². The van der Waals surface area contributed by atoms with Gasteiger partial charge < -0.3 is 19.3 Å². The predicted molar refractivity (Wildman–Crippen MR) is 131 cm³/mol. The van der Waals surface area contributed by atoms with Crippen LogP contribution in [0.25, 0.3) is 0 Å². The number of carbonyl (C=O) groups excluding carboxylic acids is 1. The second-order valence-corrected chi connectivity index (χ2v) is 9.19. The second-order valence-electron chi connectivity index (χ2n) is 9.19. The van der Waals surface area contributed by atoms with Gasteiger partial charge in [-0.3, -0.25) is 9.59 Å². The Kier molecular flexibility index (Phi) is 9.52. The van der Waals surface area contributed by atoms with Gasteiger partial charge in [0.05, 0.1) is 18.6 Å². The lowest BCUT2D eigenvalue weighted by Gasteiger charge is -2.27. The summed E-state index contributed by atoms with van der Waals surface area (Å²) in [4.78, 5) is 25.4. The van der Waals surface area contributed by atoms with E-state index in [0.29, 0.717) is 49.7 Å². The molecule has 2 aromatic carbocycles. The number of rotatable bonds is 12. The van der Waals surface area contributed by atoms with Crippen molar-refractivity contribution in [3.05, 3.63) is 59.2 Å². The smallest absolute Gasteiger partial charge is 0.310 e. The van der Waals surface area contributed by atoms with Gasteiger partial charge in [0.25, 0.3) is 0 Å². The highest BCUT2D eigenvalue weighted by Gasteiger charge is 2.40. The number of carboxylic acid groups (broad SMARTS) is 1. The van der Waals surface area contributed by atoms with Crippen LogP contribution in [0.3, 0.4) is 0 Å². The fourth-order valence-corrected chi connectivity index (χ4v) is 4.58. The summed E-state index contributed by atoms with van der Waals surface area (Å²) >= 11 is 0. The van der Waals surface area contributed by atoms with Crippen LogP contribution in [0.4, 0.5) is 0 Å². The van der Waals surface area contributed by atoms with Crippen molar-refractivity contribution in [2.75, 3.05) is 26.9 Å². The van der Waals surface area contributed by atoms with Gasteiger partial charge in [-0.1, -0.05) is 55.5 Å². The molecule has 0 heterocycles. The molecule has 0 atom stereocenters. The number of hydrogen-bond acceptors (Lipinski definition) is 5. The zero-order chi connectivity index (χ0) is 24.4. The average molecular weight is 469 g/mol. The summed E-state index contributed by atoms with van der Waals surface area (Å²) in [5.74, 6) is -0.00623. The van der Waals surface area contributed by atoms with Crippen molar-refractivity contribution in [3.8, 4) is 11.5 Å². The van der Waals surface area contributed by atoms with Crippen LogP contribution in [0, 0.1) is 12.3 Å². The molecule has 0 amide bonds. The third kappa shape index (κ3) is 7.07. The van der Waals surface area contributed by atoms with Crippen LogP contribution in [0.5, 0.6) is 11.5 Å². The minimum atomic E-state index is -0.979. The molecular weight excluding hydrogens is 432 g/mol. The molecule has 0 saturated heterocycles.